The molecule has 0 unspecified atom stereocenters. The van der Waals surface area contributed by atoms with Crippen molar-refractivity contribution in [2.24, 2.45) is 0 Å². The van der Waals surface area contributed by atoms with Crippen molar-refractivity contribution in [2.45, 2.75) is 32.3 Å². The monoisotopic (exact) mass is 299 g/mol. The predicted molar refractivity (Wildman–Crippen MR) is 86.4 cm³/mol. The number of hydrogen-bond acceptors (Lipinski definition) is 3. The number of furan rings is 1. The van der Waals surface area contributed by atoms with Gasteiger partial charge >= 0.3 is 0 Å². The fourth-order valence-electron chi connectivity index (χ4n) is 2.91. The lowest BCUT2D eigenvalue weighted by Crippen LogP contribution is -2.39. The number of carbonyl (C=O) groups excluding carboxylic acids is 1. The van der Waals surface area contributed by atoms with E-state index in [1.807, 2.05) is 37.3 Å². The Kier molecular flexibility index (Phi) is 4.29. The lowest BCUT2D eigenvalue weighted by atomic mass is 10.1. The maximum absolute atomic E-state index is 12.3. The van der Waals surface area contributed by atoms with Crippen LogP contribution in [0.25, 0.3) is 17.0 Å². The highest BCUT2D eigenvalue weighted by atomic mass is 16.3. The van der Waals surface area contributed by atoms with Crippen molar-refractivity contribution in [3.8, 4) is 0 Å². The molecule has 22 heavy (non-hydrogen) atoms. The summed E-state index contributed by atoms with van der Waals surface area (Å²) in [6, 6.07) is 7.88. The van der Waals surface area contributed by atoms with Gasteiger partial charge in [-0.1, -0.05) is 25.1 Å². The standard InChI is InChI=1S/C18H21NO3/c1-2-16-15(14-5-3-4-6-17(14)22-16)7-8-18(21)19-11-9-13(20)10-12-19/h3-8,13,20H,2,9-12H2,1H3/b8-7+. The zero-order valence-electron chi connectivity index (χ0n) is 12.8. The normalized spacial score (nSPS) is 16.7. The first-order chi connectivity index (χ1) is 10.7. The molecule has 1 amide bonds. The summed E-state index contributed by atoms with van der Waals surface area (Å²) in [5.74, 6) is 0.901. The molecule has 1 N–H and O–H groups in total. The number of carbonyl (C=O) groups is 1. The number of aryl methyl sites for hydroxylation is 1. The Labute approximate surface area is 130 Å². The van der Waals surface area contributed by atoms with Crippen molar-refractivity contribution >= 4 is 23.0 Å². The zero-order chi connectivity index (χ0) is 15.5. The third kappa shape index (κ3) is 2.92. The summed E-state index contributed by atoms with van der Waals surface area (Å²) in [5, 5.41) is 10.5. The highest BCUT2D eigenvalue weighted by molar-refractivity contribution is 5.96. The quantitative estimate of drug-likeness (QED) is 0.886. The number of aliphatic hydroxyl groups is 1. The lowest BCUT2D eigenvalue weighted by molar-refractivity contribution is -0.127. The van der Waals surface area contributed by atoms with E-state index in [1.54, 1.807) is 11.0 Å². The minimum atomic E-state index is -0.266. The van der Waals surface area contributed by atoms with Gasteiger partial charge in [0.05, 0.1) is 6.10 Å². The van der Waals surface area contributed by atoms with Gasteiger partial charge in [0.15, 0.2) is 0 Å². The second-order valence-corrected chi connectivity index (χ2v) is 5.68. The molecule has 2 aromatic rings. The zero-order valence-corrected chi connectivity index (χ0v) is 12.8. The van der Waals surface area contributed by atoms with Crippen molar-refractivity contribution in [1.82, 2.24) is 4.90 Å². The molecule has 3 rings (SSSR count). The van der Waals surface area contributed by atoms with Crippen LogP contribution < -0.4 is 0 Å². The molecule has 1 aromatic heterocycles. The predicted octanol–water partition coefficient (Wildman–Crippen LogP) is 2.99. The number of piperidine rings is 1. The Bertz CT molecular complexity index is 693. The number of amides is 1. The van der Waals surface area contributed by atoms with Crippen LogP contribution in [-0.2, 0) is 11.2 Å². The first-order valence-corrected chi connectivity index (χ1v) is 7.84. The summed E-state index contributed by atoms with van der Waals surface area (Å²) in [6.07, 6.45) is 5.32. The van der Waals surface area contributed by atoms with Crippen LogP contribution in [0.4, 0.5) is 0 Å². The highest BCUT2D eigenvalue weighted by Gasteiger charge is 2.19. The molecule has 0 bridgehead atoms. The maximum atomic E-state index is 12.3. The first kappa shape index (κ1) is 14.9. The van der Waals surface area contributed by atoms with Crippen LogP contribution in [-0.4, -0.2) is 35.1 Å². The smallest absolute Gasteiger partial charge is 0.246 e. The van der Waals surface area contributed by atoms with E-state index in [-0.39, 0.29) is 12.0 Å². The molecule has 0 spiro atoms. The molecule has 0 saturated carbocycles. The molecule has 1 saturated heterocycles. The fourth-order valence-corrected chi connectivity index (χ4v) is 2.91. The Morgan fingerprint density at radius 1 is 1.36 bits per heavy atom. The number of nitrogens with zero attached hydrogens (tertiary/aromatic N) is 1. The molecular formula is C18H21NO3. The molecular weight excluding hydrogens is 278 g/mol. The first-order valence-electron chi connectivity index (χ1n) is 7.84. The number of likely N-dealkylation sites (tertiary alicyclic amines) is 1. The van der Waals surface area contributed by atoms with E-state index >= 15 is 0 Å². The summed E-state index contributed by atoms with van der Waals surface area (Å²) in [7, 11) is 0. The second kappa shape index (κ2) is 6.36. The summed E-state index contributed by atoms with van der Waals surface area (Å²) in [6.45, 7) is 3.29. The van der Waals surface area contributed by atoms with E-state index in [2.05, 4.69) is 0 Å². The number of aliphatic hydroxyl groups excluding tert-OH is 1. The average Bonchev–Trinajstić information content (AvgIpc) is 2.91. The molecule has 116 valence electrons. The van der Waals surface area contributed by atoms with Crippen LogP contribution in [0.1, 0.15) is 31.1 Å². The topological polar surface area (TPSA) is 53.7 Å². The van der Waals surface area contributed by atoms with Crippen molar-refractivity contribution in [1.29, 1.82) is 0 Å². The number of benzene rings is 1. The second-order valence-electron chi connectivity index (χ2n) is 5.68. The molecule has 1 fully saturated rings. The van der Waals surface area contributed by atoms with Crippen molar-refractivity contribution in [2.75, 3.05) is 13.1 Å². The molecule has 4 heteroatoms. The minimum Gasteiger partial charge on any atom is -0.460 e. The molecule has 0 atom stereocenters. The van der Waals surface area contributed by atoms with Gasteiger partial charge in [0.1, 0.15) is 11.3 Å². The largest absolute Gasteiger partial charge is 0.460 e. The maximum Gasteiger partial charge on any atom is 0.246 e. The van der Waals surface area contributed by atoms with E-state index in [0.717, 1.165) is 28.7 Å². The van der Waals surface area contributed by atoms with Crippen LogP contribution in [0.5, 0.6) is 0 Å². The van der Waals surface area contributed by atoms with Gasteiger partial charge in [0.2, 0.25) is 5.91 Å². The van der Waals surface area contributed by atoms with Gasteiger partial charge in [-0.2, -0.15) is 0 Å². The molecule has 2 heterocycles. The summed E-state index contributed by atoms with van der Waals surface area (Å²) in [4.78, 5) is 14.1. The summed E-state index contributed by atoms with van der Waals surface area (Å²) < 4.78 is 5.83. The number of fused-ring (bicyclic) bond motifs is 1. The molecule has 1 aromatic carbocycles. The third-order valence-corrected chi connectivity index (χ3v) is 4.20. The summed E-state index contributed by atoms with van der Waals surface area (Å²) >= 11 is 0. The van der Waals surface area contributed by atoms with Crippen molar-refractivity contribution in [3.05, 3.63) is 41.7 Å². The molecule has 0 radical (unpaired) electrons. The molecule has 1 aliphatic rings. The third-order valence-electron chi connectivity index (χ3n) is 4.20. The lowest BCUT2D eigenvalue weighted by Gasteiger charge is -2.28. The number of hydrogen-bond donors (Lipinski definition) is 1. The van der Waals surface area contributed by atoms with Crippen molar-refractivity contribution < 1.29 is 14.3 Å². The van der Waals surface area contributed by atoms with E-state index in [0.29, 0.717) is 25.9 Å². The van der Waals surface area contributed by atoms with Gasteiger partial charge in [0, 0.05) is 36.5 Å². The Morgan fingerprint density at radius 3 is 2.82 bits per heavy atom. The van der Waals surface area contributed by atoms with Gasteiger partial charge in [0.25, 0.3) is 0 Å². The summed E-state index contributed by atoms with van der Waals surface area (Å²) in [5.41, 5.74) is 1.84. The van der Waals surface area contributed by atoms with Crippen LogP contribution in [0, 0.1) is 0 Å². The van der Waals surface area contributed by atoms with E-state index in [9.17, 15) is 9.90 Å². The van der Waals surface area contributed by atoms with Gasteiger partial charge < -0.3 is 14.4 Å². The van der Waals surface area contributed by atoms with E-state index < -0.39 is 0 Å². The van der Waals surface area contributed by atoms with Gasteiger partial charge in [-0.15, -0.1) is 0 Å². The molecule has 0 aliphatic carbocycles. The number of rotatable bonds is 3. The van der Waals surface area contributed by atoms with E-state index in [4.69, 9.17) is 4.42 Å². The van der Waals surface area contributed by atoms with Crippen molar-refractivity contribution in [3.63, 3.8) is 0 Å². The van der Waals surface area contributed by atoms with Gasteiger partial charge in [-0.3, -0.25) is 4.79 Å². The van der Waals surface area contributed by atoms with Crippen LogP contribution in [0.15, 0.2) is 34.8 Å². The Morgan fingerprint density at radius 2 is 2.09 bits per heavy atom. The molecule has 1 aliphatic heterocycles. The van der Waals surface area contributed by atoms with Crippen LogP contribution >= 0.6 is 0 Å². The fraction of sp³-hybridized carbons (Fsp3) is 0.389. The van der Waals surface area contributed by atoms with Crippen LogP contribution in [0.3, 0.4) is 0 Å². The van der Waals surface area contributed by atoms with E-state index in [1.165, 1.54) is 0 Å². The van der Waals surface area contributed by atoms with Gasteiger partial charge in [-0.25, -0.2) is 0 Å². The highest BCUT2D eigenvalue weighted by Crippen LogP contribution is 2.27. The van der Waals surface area contributed by atoms with Crippen LogP contribution in [0.2, 0.25) is 0 Å². The van der Waals surface area contributed by atoms with Gasteiger partial charge in [-0.05, 0) is 25.0 Å². The number of para-hydroxylation sites is 1. The molecule has 4 nitrogen and oxygen atoms in total. The average molecular weight is 299 g/mol. The Balaban J connectivity index is 1.81. The minimum absolute atomic E-state index is 0.000709. The SMILES string of the molecule is CCc1oc2ccccc2c1/C=C/C(=O)N1CCC(O)CC1. The Hall–Kier alpha value is -2.07.